The molecule has 0 bridgehead atoms. The first-order valence-corrected chi connectivity index (χ1v) is 4.68. The summed E-state index contributed by atoms with van der Waals surface area (Å²) in [4.78, 5) is 0. The standard InChI is InChI=1S/C9H9BrF2O/c1-2-7(13)8-5(11)3-4-6(12)9(8)10/h3-4,7,13H,2H2,1H3. The molecule has 0 aliphatic heterocycles. The van der Waals surface area contributed by atoms with Crippen molar-refractivity contribution in [2.45, 2.75) is 19.4 Å². The lowest BCUT2D eigenvalue weighted by atomic mass is 10.1. The van der Waals surface area contributed by atoms with Crippen LogP contribution in [-0.2, 0) is 0 Å². The number of benzene rings is 1. The molecule has 1 rings (SSSR count). The van der Waals surface area contributed by atoms with E-state index in [9.17, 15) is 13.9 Å². The van der Waals surface area contributed by atoms with Gasteiger partial charge in [-0.25, -0.2) is 8.78 Å². The van der Waals surface area contributed by atoms with Crippen LogP contribution in [0.25, 0.3) is 0 Å². The summed E-state index contributed by atoms with van der Waals surface area (Å²) in [6.07, 6.45) is -0.621. The second-order valence-corrected chi connectivity index (χ2v) is 3.47. The van der Waals surface area contributed by atoms with E-state index in [0.717, 1.165) is 12.1 Å². The van der Waals surface area contributed by atoms with Gasteiger partial charge in [-0.05, 0) is 34.5 Å². The molecule has 1 unspecified atom stereocenters. The molecular formula is C9H9BrF2O. The van der Waals surface area contributed by atoms with E-state index in [1.165, 1.54) is 0 Å². The highest BCUT2D eigenvalue weighted by molar-refractivity contribution is 9.10. The van der Waals surface area contributed by atoms with Crippen molar-refractivity contribution in [3.63, 3.8) is 0 Å². The van der Waals surface area contributed by atoms with Gasteiger partial charge in [-0.3, -0.25) is 0 Å². The molecule has 0 amide bonds. The summed E-state index contributed by atoms with van der Waals surface area (Å²) in [7, 11) is 0. The lowest BCUT2D eigenvalue weighted by Crippen LogP contribution is -2.01. The maximum Gasteiger partial charge on any atom is 0.137 e. The number of aliphatic hydroxyl groups is 1. The molecule has 1 N–H and O–H groups in total. The molecule has 0 aromatic heterocycles. The van der Waals surface area contributed by atoms with Crippen molar-refractivity contribution < 1.29 is 13.9 Å². The predicted molar refractivity (Wildman–Crippen MR) is 49.3 cm³/mol. The molecule has 0 radical (unpaired) electrons. The summed E-state index contributed by atoms with van der Waals surface area (Å²) in [5.74, 6) is -1.16. The number of hydrogen-bond acceptors (Lipinski definition) is 1. The molecule has 0 heterocycles. The number of hydrogen-bond donors (Lipinski definition) is 1. The largest absolute Gasteiger partial charge is 0.388 e. The Morgan fingerprint density at radius 3 is 2.46 bits per heavy atom. The van der Waals surface area contributed by atoms with Crippen LogP contribution in [-0.4, -0.2) is 5.11 Å². The molecule has 0 spiro atoms. The van der Waals surface area contributed by atoms with Gasteiger partial charge in [0.05, 0.1) is 10.6 Å². The fourth-order valence-electron chi connectivity index (χ4n) is 1.05. The van der Waals surface area contributed by atoms with E-state index in [-0.39, 0.29) is 10.0 Å². The molecule has 1 aromatic rings. The van der Waals surface area contributed by atoms with Gasteiger partial charge in [-0.2, -0.15) is 0 Å². The molecular weight excluding hydrogens is 242 g/mol. The minimum Gasteiger partial charge on any atom is -0.388 e. The normalized spacial score (nSPS) is 13.0. The van der Waals surface area contributed by atoms with E-state index in [1.807, 2.05) is 0 Å². The lowest BCUT2D eigenvalue weighted by molar-refractivity contribution is 0.167. The Hall–Kier alpha value is -0.480. The van der Waals surface area contributed by atoms with Gasteiger partial charge in [0.15, 0.2) is 0 Å². The van der Waals surface area contributed by atoms with Gasteiger partial charge in [0.2, 0.25) is 0 Å². The lowest BCUT2D eigenvalue weighted by Gasteiger charge is -2.11. The summed E-state index contributed by atoms with van der Waals surface area (Å²) in [5.41, 5.74) is -0.0116. The molecule has 0 saturated heterocycles. The first kappa shape index (κ1) is 10.6. The van der Waals surface area contributed by atoms with Gasteiger partial charge in [-0.15, -0.1) is 0 Å². The van der Waals surface area contributed by atoms with Crippen LogP contribution in [0.4, 0.5) is 8.78 Å². The van der Waals surface area contributed by atoms with Gasteiger partial charge in [0.1, 0.15) is 11.6 Å². The summed E-state index contributed by atoms with van der Waals surface area (Å²) in [6.45, 7) is 1.70. The summed E-state index contributed by atoms with van der Waals surface area (Å²) in [5, 5.41) is 9.38. The van der Waals surface area contributed by atoms with Gasteiger partial charge >= 0.3 is 0 Å². The third kappa shape index (κ3) is 2.06. The number of rotatable bonds is 2. The van der Waals surface area contributed by atoms with E-state index < -0.39 is 17.7 Å². The number of aliphatic hydroxyl groups excluding tert-OH is 1. The highest BCUT2D eigenvalue weighted by Crippen LogP contribution is 2.30. The monoisotopic (exact) mass is 250 g/mol. The van der Waals surface area contributed by atoms with E-state index in [1.54, 1.807) is 6.92 Å². The average molecular weight is 251 g/mol. The molecule has 0 aliphatic rings. The van der Waals surface area contributed by atoms with Crippen LogP contribution in [0.2, 0.25) is 0 Å². The average Bonchev–Trinajstić information content (AvgIpc) is 2.12. The molecule has 1 atom stereocenters. The zero-order chi connectivity index (χ0) is 10.0. The zero-order valence-electron chi connectivity index (χ0n) is 7.02. The SMILES string of the molecule is CCC(O)c1c(F)ccc(F)c1Br. The molecule has 0 aliphatic carbocycles. The van der Waals surface area contributed by atoms with Crippen LogP contribution in [0.3, 0.4) is 0 Å². The van der Waals surface area contributed by atoms with E-state index >= 15 is 0 Å². The number of halogens is 3. The van der Waals surface area contributed by atoms with Gasteiger partial charge in [-0.1, -0.05) is 6.92 Å². The molecule has 1 nitrogen and oxygen atoms in total. The maximum atomic E-state index is 13.1. The minimum absolute atomic E-state index is 0.00171. The van der Waals surface area contributed by atoms with Gasteiger partial charge < -0.3 is 5.11 Å². The van der Waals surface area contributed by atoms with Crippen LogP contribution >= 0.6 is 15.9 Å². The Morgan fingerprint density at radius 1 is 1.38 bits per heavy atom. The highest BCUT2D eigenvalue weighted by Gasteiger charge is 2.17. The Balaban J connectivity index is 3.25. The molecule has 0 fully saturated rings. The summed E-state index contributed by atoms with van der Waals surface area (Å²) < 4.78 is 26.0. The second-order valence-electron chi connectivity index (χ2n) is 2.68. The van der Waals surface area contributed by atoms with Crippen LogP contribution in [0.5, 0.6) is 0 Å². The molecule has 4 heteroatoms. The van der Waals surface area contributed by atoms with Crippen LogP contribution in [0.1, 0.15) is 25.0 Å². The Kier molecular flexibility index (Phi) is 3.39. The van der Waals surface area contributed by atoms with Crippen LogP contribution in [0.15, 0.2) is 16.6 Å². The topological polar surface area (TPSA) is 20.2 Å². The molecule has 13 heavy (non-hydrogen) atoms. The van der Waals surface area contributed by atoms with Crippen molar-refractivity contribution in [1.82, 2.24) is 0 Å². The van der Waals surface area contributed by atoms with Crippen molar-refractivity contribution in [3.05, 3.63) is 33.8 Å². The maximum absolute atomic E-state index is 13.1. The Bertz CT molecular complexity index is 315. The van der Waals surface area contributed by atoms with E-state index in [0.29, 0.717) is 6.42 Å². The van der Waals surface area contributed by atoms with Crippen molar-refractivity contribution in [2.24, 2.45) is 0 Å². The Labute approximate surface area is 83.5 Å². The van der Waals surface area contributed by atoms with Crippen molar-refractivity contribution in [1.29, 1.82) is 0 Å². The van der Waals surface area contributed by atoms with Crippen molar-refractivity contribution in [3.8, 4) is 0 Å². The van der Waals surface area contributed by atoms with Gasteiger partial charge in [0, 0.05) is 5.56 Å². The smallest absolute Gasteiger partial charge is 0.137 e. The van der Waals surface area contributed by atoms with Gasteiger partial charge in [0.25, 0.3) is 0 Å². The van der Waals surface area contributed by atoms with Crippen LogP contribution in [0, 0.1) is 11.6 Å². The van der Waals surface area contributed by atoms with E-state index in [2.05, 4.69) is 15.9 Å². The highest BCUT2D eigenvalue weighted by atomic mass is 79.9. The van der Waals surface area contributed by atoms with E-state index in [4.69, 9.17) is 0 Å². The zero-order valence-corrected chi connectivity index (χ0v) is 8.61. The first-order valence-electron chi connectivity index (χ1n) is 3.89. The molecule has 0 saturated carbocycles. The predicted octanol–water partition coefficient (Wildman–Crippen LogP) is 3.17. The van der Waals surface area contributed by atoms with Crippen molar-refractivity contribution >= 4 is 15.9 Å². The molecule has 72 valence electrons. The second kappa shape index (κ2) is 4.15. The fourth-order valence-corrected chi connectivity index (χ4v) is 1.64. The first-order chi connectivity index (χ1) is 6.07. The van der Waals surface area contributed by atoms with Crippen molar-refractivity contribution in [2.75, 3.05) is 0 Å². The molecule has 1 aromatic carbocycles. The minimum atomic E-state index is -0.968. The quantitative estimate of drug-likeness (QED) is 0.800. The fraction of sp³-hybridized carbons (Fsp3) is 0.333. The third-order valence-corrected chi connectivity index (χ3v) is 2.61. The summed E-state index contributed by atoms with van der Waals surface area (Å²) >= 11 is 2.90. The summed E-state index contributed by atoms with van der Waals surface area (Å²) in [6, 6.07) is 2.03. The Morgan fingerprint density at radius 2 is 1.92 bits per heavy atom. The third-order valence-electron chi connectivity index (χ3n) is 1.80. The van der Waals surface area contributed by atoms with Crippen LogP contribution < -0.4 is 0 Å².